The molecular weight excluding hydrogens is 248 g/mol. The molecule has 2 atom stereocenters. The SMILES string of the molecule is Cc1nn(C)c(N2CCC(C(C)O)C2)c1C(N)=S. The quantitative estimate of drug-likeness (QED) is 0.785. The standard InChI is InChI=1S/C12H20N4OS/c1-7-10(11(13)18)12(15(3)14-7)16-5-4-9(6-16)8(2)17/h8-9,17H,4-6H2,1-3H3,(H2,13,18). The molecule has 1 aromatic rings. The highest BCUT2D eigenvalue weighted by Gasteiger charge is 2.30. The molecule has 1 aromatic heterocycles. The van der Waals surface area contributed by atoms with Crippen LogP contribution in [0.15, 0.2) is 0 Å². The van der Waals surface area contributed by atoms with Crippen LogP contribution in [0.3, 0.4) is 0 Å². The Hall–Kier alpha value is -1.14. The van der Waals surface area contributed by atoms with Crippen molar-refractivity contribution in [3.05, 3.63) is 11.3 Å². The fourth-order valence-corrected chi connectivity index (χ4v) is 2.91. The van der Waals surface area contributed by atoms with Crippen LogP contribution in [-0.4, -0.2) is 39.1 Å². The smallest absolute Gasteiger partial charge is 0.137 e. The zero-order chi connectivity index (χ0) is 13.4. The molecule has 100 valence electrons. The van der Waals surface area contributed by atoms with Crippen LogP contribution in [0.1, 0.15) is 24.6 Å². The summed E-state index contributed by atoms with van der Waals surface area (Å²) in [6.07, 6.45) is 0.705. The maximum Gasteiger partial charge on any atom is 0.137 e. The van der Waals surface area contributed by atoms with Crippen LogP contribution in [0.5, 0.6) is 0 Å². The van der Waals surface area contributed by atoms with Crippen molar-refractivity contribution in [2.24, 2.45) is 18.7 Å². The van der Waals surface area contributed by atoms with Gasteiger partial charge in [-0.15, -0.1) is 0 Å². The maximum absolute atomic E-state index is 9.67. The van der Waals surface area contributed by atoms with Crippen LogP contribution >= 0.6 is 12.2 Å². The second-order valence-corrected chi connectivity index (χ2v) is 5.45. The van der Waals surface area contributed by atoms with Crippen molar-refractivity contribution in [2.75, 3.05) is 18.0 Å². The molecule has 0 radical (unpaired) electrons. The predicted molar refractivity (Wildman–Crippen MR) is 75.8 cm³/mol. The van der Waals surface area contributed by atoms with Gasteiger partial charge in [-0.2, -0.15) is 5.10 Å². The number of rotatable bonds is 3. The molecule has 2 heterocycles. The average Bonchev–Trinajstić information content (AvgIpc) is 2.81. The minimum Gasteiger partial charge on any atom is -0.393 e. The van der Waals surface area contributed by atoms with E-state index in [0.29, 0.717) is 10.9 Å². The molecule has 1 fully saturated rings. The Kier molecular flexibility index (Phi) is 3.59. The number of nitrogens with two attached hydrogens (primary N) is 1. The van der Waals surface area contributed by atoms with E-state index in [0.717, 1.165) is 36.6 Å². The van der Waals surface area contributed by atoms with Gasteiger partial charge in [0.1, 0.15) is 10.8 Å². The van der Waals surface area contributed by atoms with Gasteiger partial charge in [-0.25, -0.2) is 0 Å². The lowest BCUT2D eigenvalue weighted by Crippen LogP contribution is -2.27. The Morgan fingerprint density at radius 2 is 2.28 bits per heavy atom. The highest BCUT2D eigenvalue weighted by atomic mass is 32.1. The summed E-state index contributed by atoms with van der Waals surface area (Å²) >= 11 is 5.12. The van der Waals surface area contributed by atoms with Crippen molar-refractivity contribution < 1.29 is 5.11 Å². The molecule has 5 nitrogen and oxygen atoms in total. The Bertz CT molecular complexity index is 469. The maximum atomic E-state index is 9.67. The highest BCUT2D eigenvalue weighted by Crippen LogP contribution is 2.29. The van der Waals surface area contributed by atoms with E-state index in [1.54, 1.807) is 0 Å². The van der Waals surface area contributed by atoms with Gasteiger partial charge < -0.3 is 15.7 Å². The van der Waals surface area contributed by atoms with Gasteiger partial charge in [0.2, 0.25) is 0 Å². The molecule has 6 heteroatoms. The minimum atomic E-state index is -0.280. The number of aliphatic hydroxyl groups excluding tert-OH is 1. The van der Waals surface area contributed by atoms with Crippen molar-refractivity contribution in [2.45, 2.75) is 26.4 Å². The lowest BCUT2D eigenvalue weighted by molar-refractivity contribution is 0.136. The second kappa shape index (κ2) is 4.85. The first-order valence-corrected chi connectivity index (χ1v) is 6.59. The third-order valence-electron chi connectivity index (χ3n) is 3.64. The van der Waals surface area contributed by atoms with Crippen molar-refractivity contribution >= 4 is 23.0 Å². The van der Waals surface area contributed by atoms with Gasteiger partial charge >= 0.3 is 0 Å². The summed E-state index contributed by atoms with van der Waals surface area (Å²) in [5.41, 5.74) is 7.51. The van der Waals surface area contributed by atoms with E-state index in [9.17, 15) is 5.11 Å². The Balaban J connectivity index is 2.32. The number of hydrogen-bond acceptors (Lipinski definition) is 4. The normalized spacial score (nSPS) is 21.3. The Morgan fingerprint density at radius 3 is 2.78 bits per heavy atom. The van der Waals surface area contributed by atoms with Crippen LogP contribution in [0.2, 0.25) is 0 Å². The van der Waals surface area contributed by atoms with E-state index >= 15 is 0 Å². The summed E-state index contributed by atoms with van der Waals surface area (Å²) in [6, 6.07) is 0. The first-order chi connectivity index (χ1) is 8.41. The van der Waals surface area contributed by atoms with Gasteiger partial charge in [-0.05, 0) is 20.3 Å². The van der Waals surface area contributed by atoms with Crippen LogP contribution in [-0.2, 0) is 7.05 Å². The molecule has 1 aliphatic rings. The van der Waals surface area contributed by atoms with Crippen LogP contribution in [0.25, 0.3) is 0 Å². The Labute approximate surface area is 113 Å². The summed E-state index contributed by atoms with van der Waals surface area (Å²) in [6.45, 7) is 5.49. The number of nitrogens with zero attached hydrogens (tertiary/aromatic N) is 3. The van der Waals surface area contributed by atoms with E-state index in [4.69, 9.17) is 18.0 Å². The molecular formula is C12H20N4OS. The molecule has 0 amide bonds. The highest BCUT2D eigenvalue weighted by molar-refractivity contribution is 7.80. The number of thiocarbonyl (C=S) groups is 1. The Morgan fingerprint density at radius 1 is 1.61 bits per heavy atom. The summed E-state index contributed by atoms with van der Waals surface area (Å²) in [5, 5.41) is 14.1. The molecule has 0 aliphatic carbocycles. The van der Waals surface area contributed by atoms with Crippen molar-refractivity contribution in [3.8, 4) is 0 Å². The molecule has 0 aromatic carbocycles. The number of hydrogen-bond donors (Lipinski definition) is 2. The fraction of sp³-hybridized carbons (Fsp3) is 0.667. The molecule has 0 spiro atoms. The third kappa shape index (κ3) is 2.22. The summed E-state index contributed by atoms with van der Waals surface area (Å²) < 4.78 is 1.83. The van der Waals surface area contributed by atoms with Crippen LogP contribution < -0.4 is 10.6 Å². The largest absolute Gasteiger partial charge is 0.393 e. The predicted octanol–water partition coefficient (Wildman–Crippen LogP) is 0.570. The van der Waals surface area contributed by atoms with Crippen molar-refractivity contribution in [3.63, 3.8) is 0 Å². The molecule has 1 aliphatic heterocycles. The third-order valence-corrected chi connectivity index (χ3v) is 3.85. The van der Waals surface area contributed by atoms with E-state index in [-0.39, 0.29) is 6.10 Å². The molecule has 18 heavy (non-hydrogen) atoms. The molecule has 3 N–H and O–H groups in total. The van der Waals surface area contributed by atoms with E-state index < -0.39 is 0 Å². The zero-order valence-electron chi connectivity index (χ0n) is 11.1. The van der Waals surface area contributed by atoms with Crippen molar-refractivity contribution in [1.82, 2.24) is 9.78 Å². The lowest BCUT2D eigenvalue weighted by Gasteiger charge is -2.21. The zero-order valence-corrected chi connectivity index (χ0v) is 11.9. The molecule has 2 rings (SSSR count). The summed E-state index contributed by atoms with van der Waals surface area (Å²) in [4.78, 5) is 2.60. The van der Waals surface area contributed by atoms with Gasteiger partial charge in [0.05, 0.1) is 17.4 Å². The first kappa shape index (κ1) is 13.3. The van der Waals surface area contributed by atoms with Crippen LogP contribution in [0, 0.1) is 12.8 Å². The van der Waals surface area contributed by atoms with Gasteiger partial charge in [-0.1, -0.05) is 12.2 Å². The summed E-state index contributed by atoms with van der Waals surface area (Å²) in [5.74, 6) is 1.28. The molecule has 1 saturated heterocycles. The fourth-order valence-electron chi connectivity index (χ4n) is 2.67. The van der Waals surface area contributed by atoms with Gasteiger partial charge in [0.25, 0.3) is 0 Å². The van der Waals surface area contributed by atoms with Gasteiger partial charge in [0.15, 0.2) is 0 Å². The minimum absolute atomic E-state index is 0.280. The lowest BCUT2D eigenvalue weighted by atomic mass is 10.0. The van der Waals surface area contributed by atoms with Gasteiger partial charge in [0, 0.05) is 26.1 Å². The van der Waals surface area contributed by atoms with Crippen LogP contribution in [0.4, 0.5) is 5.82 Å². The van der Waals surface area contributed by atoms with Gasteiger partial charge in [-0.3, -0.25) is 4.68 Å². The molecule has 0 bridgehead atoms. The monoisotopic (exact) mass is 268 g/mol. The number of aryl methyl sites for hydroxylation is 2. The number of anilines is 1. The second-order valence-electron chi connectivity index (χ2n) is 5.01. The van der Waals surface area contributed by atoms with Crippen molar-refractivity contribution in [1.29, 1.82) is 0 Å². The average molecular weight is 268 g/mol. The topological polar surface area (TPSA) is 67.3 Å². The van der Waals surface area contributed by atoms with E-state index in [1.165, 1.54) is 0 Å². The first-order valence-electron chi connectivity index (χ1n) is 6.18. The number of aliphatic hydroxyl groups is 1. The number of aromatic nitrogens is 2. The summed E-state index contributed by atoms with van der Waals surface area (Å²) in [7, 11) is 1.90. The van der Waals surface area contributed by atoms with E-state index in [1.807, 2.05) is 25.6 Å². The van der Waals surface area contributed by atoms with E-state index in [2.05, 4.69) is 10.00 Å². The molecule has 0 saturated carbocycles. The molecule has 2 unspecified atom stereocenters.